The summed E-state index contributed by atoms with van der Waals surface area (Å²) in [6.45, 7) is 1.80. The van der Waals surface area contributed by atoms with Gasteiger partial charge in [-0.3, -0.25) is 10.1 Å². The Balaban J connectivity index is 2.50. The molecule has 0 saturated heterocycles. The number of methoxy groups -OCH3 is 1. The first-order chi connectivity index (χ1) is 11.4. The van der Waals surface area contributed by atoms with Gasteiger partial charge in [-0.15, -0.1) is 5.10 Å². The molecule has 11 heteroatoms. The Morgan fingerprint density at radius 1 is 1.46 bits per heavy atom. The van der Waals surface area contributed by atoms with E-state index in [1.54, 1.807) is 6.92 Å². The first-order valence-electron chi connectivity index (χ1n) is 6.88. The van der Waals surface area contributed by atoms with Crippen molar-refractivity contribution < 1.29 is 23.9 Å². The molecular weight excluding hydrogens is 325 g/mol. The van der Waals surface area contributed by atoms with Crippen molar-refractivity contribution in [2.75, 3.05) is 20.3 Å². The minimum Gasteiger partial charge on any atom is -0.479 e. The molecule has 2 aromatic rings. The number of nitrogens with zero attached hydrogens (tertiary/aromatic N) is 5. The van der Waals surface area contributed by atoms with Crippen molar-refractivity contribution in [1.82, 2.24) is 19.7 Å². The maximum Gasteiger partial charge on any atom is 0.353 e. The number of rotatable bonds is 7. The van der Waals surface area contributed by atoms with Crippen LogP contribution in [0.2, 0.25) is 0 Å². The van der Waals surface area contributed by atoms with Crippen LogP contribution in [0.5, 0.6) is 11.8 Å². The second kappa shape index (κ2) is 7.17. The Kier molecular flexibility index (Phi) is 5.24. The van der Waals surface area contributed by atoms with Gasteiger partial charge in [0.05, 0.1) is 24.8 Å². The van der Waals surface area contributed by atoms with Crippen LogP contribution in [0.15, 0.2) is 6.20 Å². The molecule has 0 saturated carbocycles. The lowest BCUT2D eigenvalue weighted by molar-refractivity contribution is -0.386. The molecule has 0 aliphatic heterocycles. The van der Waals surface area contributed by atoms with Gasteiger partial charge in [0, 0.05) is 0 Å². The summed E-state index contributed by atoms with van der Waals surface area (Å²) >= 11 is 0. The fraction of sp³-hybridized carbons (Fsp3) is 0.462. The summed E-state index contributed by atoms with van der Waals surface area (Å²) in [4.78, 5) is 18.7. The van der Waals surface area contributed by atoms with Gasteiger partial charge < -0.3 is 14.6 Å². The van der Waals surface area contributed by atoms with E-state index >= 15 is 0 Å². The summed E-state index contributed by atoms with van der Waals surface area (Å²) < 4.78 is 24.5. The lowest BCUT2D eigenvalue weighted by Crippen LogP contribution is -2.17. The van der Waals surface area contributed by atoms with Crippen LogP contribution in [-0.2, 0) is 0 Å². The molecule has 10 nitrogen and oxygen atoms in total. The van der Waals surface area contributed by atoms with Crippen molar-refractivity contribution in [3.63, 3.8) is 0 Å². The maximum atomic E-state index is 13.1. The van der Waals surface area contributed by atoms with E-state index in [-0.39, 0.29) is 23.1 Å². The van der Waals surface area contributed by atoms with Crippen LogP contribution in [0.25, 0.3) is 5.69 Å². The zero-order chi connectivity index (χ0) is 17.9. The molecule has 0 fully saturated rings. The lowest BCUT2D eigenvalue weighted by atomic mass is 10.3. The van der Waals surface area contributed by atoms with E-state index in [4.69, 9.17) is 14.6 Å². The average molecular weight is 341 g/mol. The van der Waals surface area contributed by atoms with Gasteiger partial charge in [-0.25, -0.2) is 14.1 Å². The number of hydrogen-bond donors (Lipinski definition) is 1. The predicted octanol–water partition coefficient (Wildman–Crippen LogP) is 0.905. The van der Waals surface area contributed by atoms with Gasteiger partial charge in [0.1, 0.15) is 23.8 Å². The fourth-order valence-corrected chi connectivity index (χ4v) is 1.97. The summed E-state index contributed by atoms with van der Waals surface area (Å²) in [7, 11) is 1.39. The van der Waals surface area contributed by atoms with Gasteiger partial charge in [0.15, 0.2) is 6.17 Å². The van der Waals surface area contributed by atoms with Gasteiger partial charge in [0.25, 0.3) is 0 Å². The minimum absolute atomic E-state index is 0.139. The molecule has 130 valence electrons. The monoisotopic (exact) mass is 341 g/mol. The molecule has 0 unspecified atom stereocenters. The van der Waals surface area contributed by atoms with Gasteiger partial charge in [-0.1, -0.05) is 0 Å². The van der Waals surface area contributed by atoms with Crippen molar-refractivity contribution in [3.8, 4) is 17.4 Å². The Hall–Kier alpha value is -2.82. The summed E-state index contributed by atoms with van der Waals surface area (Å²) in [6, 6.07) is 0. The topological polar surface area (TPSA) is 125 Å². The number of nitro groups is 1. The second-order valence-electron chi connectivity index (χ2n) is 4.81. The Morgan fingerprint density at radius 2 is 2.17 bits per heavy atom. The molecule has 0 aliphatic carbocycles. The quantitative estimate of drug-likeness (QED) is 0.582. The highest BCUT2D eigenvalue weighted by molar-refractivity contribution is 5.51. The third-order valence-electron chi connectivity index (χ3n) is 3.11. The Bertz CT molecular complexity index is 751. The number of hydrogen-bond acceptors (Lipinski definition) is 8. The van der Waals surface area contributed by atoms with Crippen molar-refractivity contribution in [2.45, 2.75) is 20.0 Å². The minimum atomic E-state index is -1.67. The summed E-state index contributed by atoms with van der Waals surface area (Å²) in [5, 5.41) is 23.9. The molecule has 2 heterocycles. The molecular formula is C13H16FN5O5. The van der Waals surface area contributed by atoms with E-state index in [9.17, 15) is 14.5 Å². The second-order valence-corrected chi connectivity index (χ2v) is 4.81. The van der Waals surface area contributed by atoms with Gasteiger partial charge >= 0.3 is 11.6 Å². The molecule has 0 aromatic carbocycles. The predicted molar refractivity (Wildman–Crippen MR) is 79.3 cm³/mol. The number of halogens is 1. The van der Waals surface area contributed by atoms with E-state index in [1.807, 2.05) is 0 Å². The highest BCUT2D eigenvalue weighted by Crippen LogP contribution is 2.33. The molecule has 24 heavy (non-hydrogen) atoms. The van der Waals surface area contributed by atoms with Crippen LogP contribution in [-0.4, -0.2) is 56.3 Å². The van der Waals surface area contributed by atoms with Gasteiger partial charge in [-0.05, 0) is 13.8 Å². The molecule has 0 bridgehead atoms. The Labute approximate surface area is 136 Å². The molecule has 2 aromatic heterocycles. The summed E-state index contributed by atoms with van der Waals surface area (Å²) in [5.41, 5.74) is 0.000402. The largest absolute Gasteiger partial charge is 0.479 e. The van der Waals surface area contributed by atoms with E-state index < -0.39 is 30.0 Å². The highest BCUT2D eigenvalue weighted by Gasteiger charge is 2.29. The molecule has 0 amide bonds. The number of aliphatic hydroxyl groups is 1. The normalized spacial score (nSPS) is 12.0. The standard InChI is InChI=1S/C13H16FN5O5/c1-7-11(19(21)22)13(24-6-9(14)5-20)17-18(7)10-4-15-8(2)16-12(10)23-3/h4,9,20H,5-6H2,1-3H3/t9-/m1/s1. The first-order valence-corrected chi connectivity index (χ1v) is 6.88. The zero-order valence-electron chi connectivity index (χ0n) is 13.3. The number of aryl methyl sites for hydroxylation is 1. The first kappa shape index (κ1) is 17.5. The number of ether oxygens (including phenoxy) is 2. The number of alkyl halides is 1. The summed E-state index contributed by atoms with van der Waals surface area (Å²) in [6.07, 6.45) is -0.271. The zero-order valence-corrected chi connectivity index (χ0v) is 13.3. The van der Waals surface area contributed by atoms with Gasteiger partial charge in [-0.2, -0.15) is 4.98 Å². The van der Waals surface area contributed by atoms with Gasteiger partial charge in [0.2, 0.25) is 5.88 Å². The van der Waals surface area contributed by atoms with Crippen LogP contribution in [0, 0.1) is 24.0 Å². The maximum absolute atomic E-state index is 13.1. The van der Waals surface area contributed by atoms with E-state index in [0.717, 1.165) is 0 Å². The third kappa shape index (κ3) is 3.40. The van der Waals surface area contributed by atoms with Crippen LogP contribution < -0.4 is 9.47 Å². The molecule has 0 radical (unpaired) electrons. The SMILES string of the molecule is COc1nc(C)ncc1-n1nc(OC[C@H](F)CO)c([N+](=O)[O-])c1C. The molecule has 1 atom stereocenters. The average Bonchev–Trinajstić information content (AvgIpc) is 2.88. The lowest BCUT2D eigenvalue weighted by Gasteiger charge is -2.08. The van der Waals surface area contributed by atoms with Crippen LogP contribution in [0.3, 0.4) is 0 Å². The van der Waals surface area contributed by atoms with E-state index in [0.29, 0.717) is 5.82 Å². The van der Waals surface area contributed by atoms with Crippen molar-refractivity contribution >= 4 is 5.69 Å². The number of aliphatic hydroxyl groups excluding tert-OH is 1. The molecule has 0 aliphatic rings. The Morgan fingerprint density at radius 3 is 2.75 bits per heavy atom. The van der Waals surface area contributed by atoms with Crippen molar-refractivity contribution in [1.29, 1.82) is 0 Å². The van der Waals surface area contributed by atoms with Crippen LogP contribution in [0.4, 0.5) is 10.1 Å². The van der Waals surface area contributed by atoms with E-state index in [1.165, 1.54) is 24.9 Å². The molecule has 1 N–H and O–H groups in total. The van der Waals surface area contributed by atoms with Crippen LogP contribution in [0.1, 0.15) is 11.5 Å². The molecule has 2 rings (SSSR count). The fourth-order valence-electron chi connectivity index (χ4n) is 1.97. The third-order valence-corrected chi connectivity index (χ3v) is 3.11. The molecule has 0 spiro atoms. The number of aromatic nitrogens is 4. The van der Waals surface area contributed by atoms with Crippen LogP contribution >= 0.6 is 0 Å². The van der Waals surface area contributed by atoms with E-state index in [2.05, 4.69) is 15.1 Å². The highest BCUT2D eigenvalue weighted by atomic mass is 19.1. The van der Waals surface area contributed by atoms with Crippen molar-refractivity contribution in [3.05, 3.63) is 27.8 Å². The smallest absolute Gasteiger partial charge is 0.353 e. The van der Waals surface area contributed by atoms with Crippen molar-refractivity contribution in [2.24, 2.45) is 0 Å². The summed E-state index contributed by atoms with van der Waals surface area (Å²) in [5.74, 6) is 0.263.